The number of likely N-dealkylation sites (tertiary alicyclic amines) is 1. The van der Waals surface area contributed by atoms with Gasteiger partial charge in [-0.05, 0) is 49.3 Å². The largest absolute Gasteiger partial charge is 0.456 e. The molecule has 1 aromatic heterocycles. The number of nitrogens with zero attached hydrogens (tertiary/aromatic N) is 1. The summed E-state index contributed by atoms with van der Waals surface area (Å²) in [5.74, 6) is 1.91. The quantitative estimate of drug-likeness (QED) is 0.831. The van der Waals surface area contributed by atoms with Crippen LogP contribution in [-0.2, 0) is 6.42 Å². The van der Waals surface area contributed by atoms with Gasteiger partial charge in [-0.2, -0.15) is 0 Å². The molecule has 1 aromatic carbocycles. The number of hydrogen-bond donors (Lipinski definition) is 0. The predicted octanol–water partition coefficient (Wildman–Crippen LogP) is 3.16. The topological polar surface area (TPSA) is 69.0 Å². The first-order valence-electron chi connectivity index (χ1n) is 9.22. The van der Waals surface area contributed by atoms with Crippen molar-refractivity contribution >= 4 is 5.91 Å². The molecule has 6 heteroatoms. The fraction of sp³-hybridized carbons (Fsp3) is 0.429. The van der Waals surface area contributed by atoms with E-state index in [-0.39, 0.29) is 29.3 Å². The summed E-state index contributed by atoms with van der Waals surface area (Å²) in [5.41, 5.74) is 0.909. The number of ether oxygens (including phenoxy) is 2. The van der Waals surface area contributed by atoms with Crippen LogP contribution in [0.5, 0.6) is 11.5 Å². The van der Waals surface area contributed by atoms with Crippen LogP contribution in [0.15, 0.2) is 39.5 Å². The number of carbonyl (C=O) groups is 1. The van der Waals surface area contributed by atoms with Gasteiger partial charge >= 0.3 is 0 Å². The zero-order chi connectivity index (χ0) is 19.0. The highest BCUT2D eigenvalue weighted by Crippen LogP contribution is 2.37. The van der Waals surface area contributed by atoms with E-state index in [0.717, 1.165) is 36.3 Å². The Kier molecular flexibility index (Phi) is 4.42. The highest BCUT2D eigenvalue weighted by Gasteiger charge is 2.34. The summed E-state index contributed by atoms with van der Waals surface area (Å²) in [5, 5.41) is 0. The lowest BCUT2D eigenvalue weighted by Gasteiger charge is -2.40. The molecule has 0 unspecified atom stereocenters. The van der Waals surface area contributed by atoms with Gasteiger partial charge in [0.25, 0.3) is 5.91 Å². The van der Waals surface area contributed by atoms with Gasteiger partial charge in [0, 0.05) is 25.2 Å². The molecule has 4 rings (SSSR count). The lowest BCUT2D eigenvalue weighted by Crippen LogP contribution is -2.46. The number of amides is 1. The molecule has 1 saturated heterocycles. The van der Waals surface area contributed by atoms with Gasteiger partial charge < -0.3 is 18.8 Å². The first kappa shape index (κ1) is 17.6. The molecular formula is C21H23NO5. The van der Waals surface area contributed by atoms with Crippen LogP contribution in [0.2, 0.25) is 0 Å². The van der Waals surface area contributed by atoms with E-state index in [1.165, 1.54) is 12.1 Å². The predicted molar refractivity (Wildman–Crippen MR) is 99.2 cm³/mol. The molecule has 0 spiro atoms. The van der Waals surface area contributed by atoms with Gasteiger partial charge in [-0.3, -0.25) is 9.59 Å². The van der Waals surface area contributed by atoms with Crippen molar-refractivity contribution in [3.05, 3.63) is 57.6 Å². The molecule has 2 aromatic rings. The van der Waals surface area contributed by atoms with E-state index in [9.17, 15) is 9.59 Å². The summed E-state index contributed by atoms with van der Waals surface area (Å²) in [4.78, 5) is 26.4. The summed E-state index contributed by atoms with van der Waals surface area (Å²) in [7, 11) is 0. The minimum atomic E-state index is -0.215. The van der Waals surface area contributed by atoms with E-state index in [0.29, 0.717) is 18.8 Å². The Hall–Kier alpha value is -2.76. The number of carbonyl (C=O) groups excluding carboxylic acids is 1. The third-order valence-corrected chi connectivity index (χ3v) is 5.24. The highest BCUT2D eigenvalue weighted by atomic mass is 16.7. The molecule has 0 aliphatic carbocycles. The molecule has 0 bridgehead atoms. The standard InChI is InChI=1S/C21H23NO5/c1-14-8-16(23)10-19(27-14)20(24)22-7-3-6-21(2,12-22)11-15-4-5-17-18(9-15)26-13-25-17/h4-5,8-10H,3,6-7,11-13H2,1-2H3/t21-/m1/s1. The van der Waals surface area contributed by atoms with E-state index in [2.05, 4.69) is 13.0 Å². The Balaban J connectivity index is 1.51. The van der Waals surface area contributed by atoms with Crippen LogP contribution < -0.4 is 14.9 Å². The number of fused-ring (bicyclic) bond motifs is 1. The number of piperidine rings is 1. The lowest BCUT2D eigenvalue weighted by molar-refractivity contribution is 0.0516. The average molecular weight is 369 g/mol. The third-order valence-electron chi connectivity index (χ3n) is 5.24. The smallest absolute Gasteiger partial charge is 0.289 e. The number of aryl methyl sites for hydroxylation is 1. The van der Waals surface area contributed by atoms with Gasteiger partial charge in [0.05, 0.1) is 0 Å². The highest BCUT2D eigenvalue weighted by molar-refractivity contribution is 5.91. The van der Waals surface area contributed by atoms with Crippen molar-refractivity contribution in [2.45, 2.75) is 33.1 Å². The number of hydrogen-bond acceptors (Lipinski definition) is 5. The minimum Gasteiger partial charge on any atom is -0.456 e. The maximum atomic E-state index is 12.9. The van der Waals surface area contributed by atoms with Crippen LogP contribution in [0.1, 0.15) is 41.6 Å². The molecule has 0 radical (unpaired) electrons. The van der Waals surface area contributed by atoms with Crippen LogP contribution in [0.4, 0.5) is 0 Å². The monoisotopic (exact) mass is 369 g/mol. The van der Waals surface area contributed by atoms with E-state index >= 15 is 0 Å². The summed E-state index contributed by atoms with van der Waals surface area (Å²) in [6, 6.07) is 8.68. The van der Waals surface area contributed by atoms with Crippen molar-refractivity contribution in [2.24, 2.45) is 5.41 Å². The molecule has 2 aliphatic rings. The summed E-state index contributed by atoms with van der Waals surface area (Å²) >= 11 is 0. The SMILES string of the molecule is Cc1cc(=O)cc(C(=O)N2CCC[C@](C)(Cc3ccc4c(c3)OCO4)C2)o1. The molecule has 2 aliphatic heterocycles. The van der Waals surface area contributed by atoms with Gasteiger partial charge in [-0.15, -0.1) is 0 Å². The fourth-order valence-electron chi connectivity index (χ4n) is 4.04. The molecule has 27 heavy (non-hydrogen) atoms. The first-order chi connectivity index (χ1) is 12.9. The molecular weight excluding hydrogens is 346 g/mol. The van der Waals surface area contributed by atoms with E-state index in [1.807, 2.05) is 12.1 Å². The maximum absolute atomic E-state index is 12.9. The zero-order valence-corrected chi connectivity index (χ0v) is 15.6. The summed E-state index contributed by atoms with van der Waals surface area (Å²) in [6.45, 7) is 5.44. The maximum Gasteiger partial charge on any atom is 0.289 e. The molecule has 6 nitrogen and oxygen atoms in total. The Labute approximate surface area is 157 Å². The zero-order valence-electron chi connectivity index (χ0n) is 15.6. The van der Waals surface area contributed by atoms with E-state index < -0.39 is 0 Å². The van der Waals surface area contributed by atoms with Gasteiger partial charge in [-0.1, -0.05) is 13.0 Å². The van der Waals surface area contributed by atoms with Crippen LogP contribution in [0, 0.1) is 12.3 Å². The minimum absolute atomic E-state index is 0.0499. The molecule has 3 heterocycles. The Bertz CT molecular complexity index is 934. The van der Waals surface area contributed by atoms with Crippen LogP contribution >= 0.6 is 0 Å². The van der Waals surface area contributed by atoms with Crippen LogP contribution in [0.25, 0.3) is 0 Å². The molecule has 1 fully saturated rings. The lowest BCUT2D eigenvalue weighted by atomic mass is 9.77. The van der Waals surface area contributed by atoms with Crippen LogP contribution in [0.3, 0.4) is 0 Å². The Morgan fingerprint density at radius 1 is 1.19 bits per heavy atom. The molecule has 0 N–H and O–H groups in total. The third kappa shape index (κ3) is 3.70. The van der Waals surface area contributed by atoms with Gasteiger partial charge in [0.2, 0.25) is 6.79 Å². The van der Waals surface area contributed by atoms with Crippen molar-refractivity contribution in [3.63, 3.8) is 0 Å². The second-order valence-electron chi connectivity index (χ2n) is 7.77. The van der Waals surface area contributed by atoms with Crippen molar-refractivity contribution in [1.29, 1.82) is 0 Å². The Morgan fingerprint density at radius 2 is 2.00 bits per heavy atom. The normalized spacial score (nSPS) is 21.3. The molecule has 1 amide bonds. The molecule has 142 valence electrons. The molecule has 1 atom stereocenters. The van der Waals surface area contributed by atoms with Crippen LogP contribution in [-0.4, -0.2) is 30.7 Å². The number of benzene rings is 1. The van der Waals surface area contributed by atoms with Gasteiger partial charge in [-0.25, -0.2) is 0 Å². The van der Waals surface area contributed by atoms with Gasteiger partial charge in [0.15, 0.2) is 22.7 Å². The van der Waals surface area contributed by atoms with Crippen molar-refractivity contribution in [1.82, 2.24) is 4.90 Å². The van der Waals surface area contributed by atoms with E-state index in [1.54, 1.807) is 11.8 Å². The van der Waals surface area contributed by atoms with Crippen molar-refractivity contribution < 1.29 is 18.7 Å². The summed E-state index contributed by atoms with van der Waals surface area (Å²) in [6.07, 6.45) is 2.79. The Morgan fingerprint density at radius 3 is 2.81 bits per heavy atom. The van der Waals surface area contributed by atoms with Gasteiger partial charge in [0.1, 0.15) is 5.76 Å². The van der Waals surface area contributed by atoms with Crippen molar-refractivity contribution in [3.8, 4) is 11.5 Å². The number of rotatable bonds is 3. The fourth-order valence-corrected chi connectivity index (χ4v) is 4.04. The first-order valence-corrected chi connectivity index (χ1v) is 9.22. The molecule has 0 saturated carbocycles. The second-order valence-corrected chi connectivity index (χ2v) is 7.77. The van der Waals surface area contributed by atoms with E-state index in [4.69, 9.17) is 13.9 Å². The average Bonchev–Trinajstić information content (AvgIpc) is 3.07. The summed E-state index contributed by atoms with van der Waals surface area (Å²) < 4.78 is 16.3. The van der Waals surface area contributed by atoms with Crippen molar-refractivity contribution in [2.75, 3.05) is 19.9 Å². The second kappa shape index (κ2) is 6.76.